The van der Waals surface area contributed by atoms with Gasteiger partial charge in [0.15, 0.2) is 5.76 Å². The average molecular weight is 423 g/mol. The lowest BCUT2D eigenvalue weighted by Crippen LogP contribution is -2.46. The van der Waals surface area contributed by atoms with Crippen LogP contribution in [0.2, 0.25) is 5.02 Å². The van der Waals surface area contributed by atoms with E-state index >= 15 is 0 Å². The lowest BCUT2D eigenvalue weighted by molar-refractivity contribution is -0.126. The maximum atomic E-state index is 13.2. The van der Waals surface area contributed by atoms with Gasteiger partial charge >= 0.3 is 0 Å². The molecule has 0 aliphatic carbocycles. The molecule has 1 aliphatic rings. The third-order valence-electron chi connectivity index (χ3n) is 5.43. The first kappa shape index (κ1) is 20.2. The second kappa shape index (κ2) is 9.18. The second-order valence-corrected chi connectivity index (χ2v) is 7.91. The van der Waals surface area contributed by atoms with E-state index in [2.05, 4.69) is 5.32 Å². The van der Waals surface area contributed by atoms with E-state index in [9.17, 15) is 9.59 Å². The molecule has 2 atom stereocenters. The molecule has 5 nitrogen and oxygen atoms in total. The molecule has 1 fully saturated rings. The summed E-state index contributed by atoms with van der Waals surface area (Å²) >= 11 is 6.05. The van der Waals surface area contributed by atoms with Gasteiger partial charge in [-0.15, -0.1) is 0 Å². The fraction of sp³-hybridized carbons (Fsp3) is 0.250. The van der Waals surface area contributed by atoms with E-state index in [4.69, 9.17) is 16.0 Å². The molecule has 1 aliphatic heterocycles. The Hall–Kier alpha value is -3.05. The summed E-state index contributed by atoms with van der Waals surface area (Å²) in [7, 11) is 0. The number of carbonyl (C=O) groups is 2. The van der Waals surface area contributed by atoms with Crippen LogP contribution >= 0.6 is 11.6 Å². The van der Waals surface area contributed by atoms with Gasteiger partial charge in [0.2, 0.25) is 5.91 Å². The maximum Gasteiger partial charge on any atom is 0.289 e. The number of hydrogen-bond acceptors (Lipinski definition) is 3. The number of piperidine rings is 1. The number of carbonyl (C=O) groups excluding carboxylic acids is 2. The third-order valence-corrected chi connectivity index (χ3v) is 5.69. The van der Waals surface area contributed by atoms with E-state index in [1.165, 1.54) is 6.26 Å². The zero-order valence-corrected chi connectivity index (χ0v) is 17.2. The highest BCUT2D eigenvalue weighted by Gasteiger charge is 2.31. The first-order valence-electron chi connectivity index (χ1n) is 10.1. The van der Waals surface area contributed by atoms with Gasteiger partial charge in [-0.25, -0.2) is 0 Å². The summed E-state index contributed by atoms with van der Waals surface area (Å²) in [5.41, 5.74) is 1.95. The van der Waals surface area contributed by atoms with Crippen molar-refractivity contribution in [2.45, 2.75) is 18.9 Å². The second-order valence-electron chi connectivity index (χ2n) is 7.47. The van der Waals surface area contributed by atoms with Gasteiger partial charge in [-0.2, -0.15) is 0 Å². The lowest BCUT2D eigenvalue weighted by Gasteiger charge is -2.32. The maximum absolute atomic E-state index is 13.2. The van der Waals surface area contributed by atoms with Crippen molar-refractivity contribution in [2.24, 2.45) is 5.92 Å². The summed E-state index contributed by atoms with van der Waals surface area (Å²) in [6.07, 6.45) is 3.01. The molecule has 30 heavy (non-hydrogen) atoms. The molecule has 154 valence electrons. The number of amides is 2. The summed E-state index contributed by atoms with van der Waals surface area (Å²) in [6.45, 7) is 1.01. The molecular weight excluding hydrogens is 400 g/mol. The molecule has 4 rings (SSSR count). The van der Waals surface area contributed by atoms with Gasteiger partial charge < -0.3 is 14.6 Å². The Morgan fingerprint density at radius 3 is 2.43 bits per heavy atom. The van der Waals surface area contributed by atoms with E-state index < -0.39 is 0 Å². The highest BCUT2D eigenvalue weighted by atomic mass is 35.5. The van der Waals surface area contributed by atoms with Crippen molar-refractivity contribution in [1.82, 2.24) is 10.2 Å². The van der Waals surface area contributed by atoms with Crippen LogP contribution in [0.25, 0.3) is 0 Å². The van der Waals surface area contributed by atoms with Crippen molar-refractivity contribution in [2.75, 3.05) is 13.1 Å². The predicted molar refractivity (Wildman–Crippen MR) is 115 cm³/mol. The van der Waals surface area contributed by atoms with Crippen LogP contribution < -0.4 is 5.32 Å². The van der Waals surface area contributed by atoms with E-state index in [1.807, 2.05) is 54.6 Å². The SMILES string of the molecule is O=C(N[C@H](c1ccccc1)c1ccc(Cl)cc1)[C@@H]1CCCN(C(=O)c2ccco2)C1. The molecule has 0 saturated carbocycles. The third kappa shape index (κ3) is 4.57. The van der Waals surface area contributed by atoms with Crippen LogP contribution in [-0.2, 0) is 4.79 Å². The average Bonchev–Trinajstić information content (AvgIpc) is 3.33. The lowest BCUT2D eigenvalue weighted by atomic mass is 9.94. The van der Waals surface area contributed by atoms with Gasteiger partial charge in [-0.1, -0.05) is 54.1 Å². The van der Waals surface area contributed by atoms with Crippen molar-refractivity contribution in [3.8, 4) is 0 Å². The summed E-state index contributed by atoms with van der Waals surface area (Å²) in [6, 6.07) is 20.4. The molecule has 3 aromatic rings. The molecule has 2 heterocycles. The van der Waals surface area contributed by atoms with Crippen LogP contribution in [0.1, 0.15) is 40.6 Å². The number of rotatable bonds is 5. The number of benzene rings is 2. The summed E-state index contributed by atoms with van der Waals surface area (Å²) in [4.78, 5) is 27.5. The van der Waals surface area contributed by atoms with Gasteiger partial charge in [0.05, 0.1) is 18.2 Å². The molecule has 0 radical (unpaired) electrons. The van der Waals surface area contributed by atoms with Crippen LogP contribution in [-0.4, -0.2) is 29.8 Å². The first-order valence-corrected chi connectivity index (χ1v) is 10.4. The van der Waals surface area contributed by atoms with Crippen molar-refractivity contribution in [3.05, 3.63) is 94.9 Å². The number of nitrogens with one attached hydrogen (secondary N) is 1. The molecule has 0 spiro atoms. The fourth-order valence-corrected chi connectivity index (χ4v) is 3.98. The van der Waals surface area contributed by atoms with Gasteiger partial charge in [-0.05, 0) is 48.2 Å². The fourth-order valence-electron chi connectivity index (χ4n) is 3.85. The van der Waals surface area contributed by atoms with Gasteiger partial charge in [0.25, 0.3) is 5.91 Å². The number of furan rings is 1. The minimum atomic E-state index is -0.285. The van der Waals surface area contributed by atoms with E-state index in [-0.39, 0.29) is 23.8 Å². The number of nitrogens with zero attached hydrogens (tertiary/aromatic N) is 1. The highest BCUT2D eigenvalue weighted by Crippen LogP contribution is 2.26. The Balaban J connectivity index is 1.50. The summed E-state index contributed by atoms with van der Waals surface area (Å²) < 4.78 is 5.23. The largest absolute Gasteiger partial charge is 0.459 e. The van der Waals surface area contributed by atoms with E-state index in [0.29, 0.717) is 23.9 Å². The molecule has 0 unspecified atom stereocenters. The summed E-state index contributed by atoms with van der Waals surface area (Å²) in [5, 5.41) is 3.84. The Morgan fingerprint density at radius 2 is 1.73 bits per heavy atom. The number of likely N-dealkylation sites (tertiary alicyclic amines) is 1. The topological polar surface area (TPSA) is 62.6 Å². The van der Waals surface area contributed by atoms with Crippen LogP contribution in [0.15, 0.2) is 77.4 Å². The highest BCUT2D eigenvalue weighted by molar-refractivity contribution is 6.30. The minimum Gasteiger partial charge on any atom is -0.459 e. The molecule has 1 aromatic heterocycles. The van der Waals surface area contributed by atoms with E-state index in [1.54, 1.807) is 17.0 Å². The Kier molecular flexibility index (Phi) is 6.19. The molecule has 1 saturated heterocycles. The van der Waals surface area contributed by atoms with Crippen LogP contribution in [0.4, 0.5) is 0 Å². The van der Waals surface area contributed by atoms with Crippen molar-refractivity contribution in [3.63, 3.8) is 0 Å². The number of hydrogen-bond donors (Lipinski definition) is 1. The zero-order valence-electron chi connectivity index (χ0n) is 16.5. The molecule has 0 bridgehead atoms. The monoisotopic (exact) mass is 422 g/mol. The van der Waals surface area contributed by atoms with Gasteiger partial charge in [0, 0.05) is 18.1 Å². The van der Waals surface area contributed by atoms with Gasteiger partial charge in [0.1, 0.15) is 0 Å². The molecular formula is C24H23ClN2O3. The van der Waals surface area contributed by atoms with Crippen LogP contribution in [0, 0.1) is 5.92 Å². The van der Waals surface area contributed by atoms with E-state index in [0.717, 1.165) is 24.0 Å². The Labute approximate surface area is 180 Å². The van der Waals surface area contributed by atoms with Crippen molar-refractivity contribution < 1.29 is 14.0 Å². The van der Waals surface area contributed by atoms with Crippen LogP contribution in [0.5, 0.6) is 0 Å². The normalized spacial score (nSPS) is 17.4. The standard InChI is InChI=1S/C24H23ClN2O3/c25-20-12-10-18(11-13-20)22(17-6-2-1-3-7-17)26-23(28)19-8-4-14-27(16-19)24(29)21-9-5-15-30-21/h1-3,5-7,9-13,15,19,22H,4,8,14,16H2,(H,26,28)/t19-,22-/m1/s1. The zero-order chi connectivity index (χ0) is 20.9. The molecule has 2 amide bonds. The van der Waals surface area contributed by atoms with Crippen molar-refractivity contribution in [1.29, 1.82) is 0 Å². The smallest absolute Gasteiger partial charge is 0.289 e. The summed E-state index contributed by atoms with van der Waals surface area (Å²) in [5.74, 6) is -0.193. The quantitative estimate of drug-likeness (QED) is 0.648. The minimum absolute atomic E-state index is 0.0595. The Bertz CT molecular complexity index is 987. The van der Waals surface area contributed by atoms with Gasteiger partial charge in [-0.3, -0.25) is 9.59 Å². The Morgan fingerprint density at radius 1 is 1.00 bits per heavy atom. The van der Waals surface area contributed by atoms with Crippen LogP contribution in [0.3, 0.4) is 0 Å². The van der Waals surface area contributed by atoms with Crippen molar-refractivity contribution >= 4 is 23.4 Å². The molecule has 6 heteroatoms. The first-order chi connectivity index (χ1) is 14.6. The molecule has 2 aromatic carbocycles. The number of halogens is 1. The predicted octanol–water partition coefficient (Wildman–Crippen LogP) is 4.69. The molecule has 1 N–H and O–H groups in total.